The molecular formula is C13H19NO3. The van der Waals surface area contributed by atoms with E-state index in [0.717, 1.165) is 12.0 Å². The fraction of sp³-hybridized carbons (Fsp3) is 0.538. The number of carbonyl (C=O) groups is 1. The van der Waals surface area contributed by atoms with Crippen molar-refractivity contribution >= 4 is 5.97 Å². The van der Waals surface area contributed by atoms with Crippen LogP contribution >= 0.6 is 0 Å². The Kier molecular flexibility index (Phi) is 4.49. The molecular weight excluding hydrogens is 218 g/mol. The number of pyridine rings is 1. The number of aryl methyl sites for hydroxylation is 1. The van der Waals surface area contributed by atoms with Crippen molar-refractivity contribution in [1.82, 2.24) is 4.57 Å². The molecule has 4 nitrogen and oxygen atoms in total. The summed E-state index contributed by atoms with van der Waals surface area (Å²) in [5, 5.41) is 0. The van der Waals surface area contributed by atoms with Gasteiger partial charge in [0.25, 0.3) is 5.56 Å². The zero-order valence-corrected chi connectivity index (χ0v) is 10.8. The van der Waals surface area contributed by atoms with Crippen molar-refractivity contribution in [2.24, 2.45) is 0 Å². The first kappa shape index (κ1) is 13.5. The lowest BCUT2D eigenvalue weighted by molar-refractivity contribution is -0.152. The Labute approximate surface area is 101 Å². The molecule has 17 heavy (non-hydrogen) atoms. The third-order valence-corrected chi connectivity index (χ3v) is 2.75. The van der Waals surface area contributed by atoms with E-state index in [4.69, 9.17) is 4.74 Å². The quantitative estimate of drug-likeness (QED) is 0.753. The van der Waals surface area contributed by atoms with E-state index in [1.165, 1.54) is 10.6 Å². The molecule has 0 aliphatic heterocycles. The van der Waals surface area contributed by atoms with Gasteiger partial charge in [-0.05, 0) is 38.8 Å². The van der Waals surface area contributed by atoms with Crippen molar-refractivity contribution in [2.45, 2.75) is 46.3 Å². The molecule has 94 valence electrons. The summed E-state index contributed by atoms with van der Waals surface area (Å²) in [5.74, 6) is -0.370. The maximum Gasteiger partial charge on any atom is 0.329 e. The highest BCUT2D eigenvalue weighted by molar-refractivity contribution is 5.73. The molecule has 4 heteroatoms. The number of rotatable bonds is 4. The molecule has 0 N–H and O–H groups in total. The highest BCUT2D eigenvalue weighted by Gasteiger charge is 2.19. The third kappa shape index (κ3) is 3.44. The van der Waals surface area contributed by atoms with Crippen molar-refractivity contribution in [1.29, 1.82) is 0 Å². The summed E-state index contributed by atoms with van der Waals surface area (Å²) in [6, 6.07) is 2.72. The van der Waals surface area contributed by atoms with Gasteiger partial charge >= 0.3 is 5.97 Å². The number of hydrogen-bond donors (Lipinski definition) is 0. The summed E-state index contributed by atoms with van der Waals surface area (Å²) in [7, 11) is 0. The molecule has 2 atom stereocenters. The molecule has 1 rings (SSSR count). The van der Waals surface area contributed by atoms with Crippen molar-refractivity contribution in [3.8, 4) is 0 Å². The zero-order chi connectivity index (χ0) is 13.0. The molecule has 0 aromatic carbocycles. The molecule has 0 bridgehead atoms. The Hall–Kier alpha value is -1.58. The Balaban J connectivity index is 2.85. The van der Waals surface area contributed by atoms with E-state index in [2.05, 4.69) is 0 Å². The summed E-state index contributed by atoms with van der Waals surface area (Å²) >= 11 is 0. The van der Waals surface area contributed by atoms with E-state index in [-0.39, 0.29) is 17.6 Å². The minimum absolute atomic E-state index is 0.119. The zero-order valence-electron chi connectivity index (χ0n) is 10.8. The van der Waals surface area contributed by atoms with Crippen LogP contribution in [0.5, 0.6) is 0 Å². The van der Waals surface area contributed by atoms with Gasteiger partial charge in [0.2, 0.25) is 0 Å². The largest absolute Gasteiger partial charge is 0.461 e. The van der Waals surface area contributed by atoms with Crippen LogP contribution in [0, 0.1) is 6.92 Å². The maximum atomic E-state index is 11.8. The fourth-order valence-electron chi connectivity index (χ4n) is 1.40. The van der Waals surface area contributed by atoms with Gasteiger partial charge in [-0.3, -0.25) is 4.79 Å². The summed E-state index contributed by atoms with van der Waals surface area (Å²) < 4.78 is 6.59. The van der Waals surface area contributed by atoms with E-state index < -0.39 is 6.04 Å². The van der Waals surface area contributed by atoms with Gasteiger partial charge in [0.15, 0.2) is 0 Å². The van der Waals surface area contributed by atoms with Crippen LogP contribution < -0.4 is 5.56 Å². The van der Waals surface area contributed by atoms with Crippen LogP contribution in [0.4, 0.5) is 0 Å². The van der Waals surface area contributed by atoms with Crippen LogP contribution in [0.3, 0.4) is 0 Å². The second-order valence-electron chi connectivity index (χ2n) is 4.28. The van der Waals surface area contributed by atoms with Gasteiger partial charge in [0.05, 0.1) is 6.10 Å². The minimum atomic E-state index is -0.586. The molecule has 2 unspecified atom stereocenters. The van der Waals surface area contributed by atoms with Gasteiger partial charge in [0, 0.05) is 12.3 Å². The van der Waals surface area contributed by atoms with Crippen molar-refractivity contribution < 1.29 is 9.53 Å². The third-order valence-electron chi connectivity index (χ3n) is 2.75. The molecule has 0 fully saturated rings. The van der Waals surface area contributed by atoms with Gasteiger partial charge in [-0.15, -0.1) is 0 Å². The van der Waals surface area contributed by atoms with Crippen LogP contribution in [0.15, 0.2) is 23.1 Å². The summed E-state index contributed by atoms with van der Waals surface area (Å²) in [4.78, 5) is 23.5. The molecule has 0 spiro atoms. The van der Waals surface area contributed by atoms with E-state index in [0.29, 0.717) is 0 Å². The number of nitrogens with zero attached hydrogens (tertiary/aromatic N) is 1. The molecule has 1 aromatic heterocycles. The molecule has 1 heterocycles. The number of carbonyl (C=O) groups excluding carboxylic acids is 1. The van der Waals surface area contributed by atoms with Gasteiger partial charge in [-0.2, -0.15) is 0 Å². The Morgan fingerprint density at radius 1 is 1.47 bits per heavy atom. The Morgan fingerprint density at radius 3 is 2.65 bits per heavy atom. The molecule has 0 saturated carbocycles. The fourth-order valence-corrected chi connectivity index (χ4v) is 1.40. The second-order valence-corrected chi connectivity index (χ2v) is 4.28. The van der Waals surface area contributed by atoms with Crippen LogP contribution in [0.1, 0.15) is 38.8 Å². The average Bonchev–Trinajstić information content (AvgIpc) is 2.28. The summed E-state index contributed by atoms with van der Waals surface area (Å²) in [5.41, 5.74) is 0.701. The lowest BCUT2D eigenvalue weighted by Crippen LogP contribution is -2.30. The van der Waals surface area contributed by atoms with E-state index in [1.54, 1.807) is 19.2 Å². The van der Waals surface area contributed by atoms with Crippen molar-refractivity contribution in [2.75, 3.05) is 0 Å². The highest BCUT2D eigenvalue weighted by atomic mass is 16.5. The number of hydrogen-bond acceptors (Lipinski definition) is 3. The lowest BCUT2D eigenvalue weighted by atomic mass is 10.2. The molecule has 0 saturated heterocycles. The second kappa shape index (κ2) is 5.66. The van der Waals surface area contributed by atoms with Crippen LogP contribution in [0.2, 0.25) is 0 Å². The monoisotopic (exact) mass is 237 g/mol. The number of esters is 1. The smallest absolute Gasteiger partial charge is 0.329 e. The molecule has 0 amide bonds. The SMILES string of the molecule is CCC(C)OC(=O)C(C)n1ccc(C)cc1=O. The number of aromatic nitrogens is 1. The van der Waals surface area contributed by atoms with E-state index in [1.807, 2.05) is 20.8 Å². The Morgan fingerprint density at radius 2 is 2.12 bits per heavy atom. The normalized spacial score (nSPS) is 14.1. The predicted octanol–water partition coefficient (Wildman–Crippen LogP) is 2.06. The Bertz CT molecular complexity index is 450. The standard InChI is InChI=1S/C13H19NO3/c1-5-10(3)17-13(16)11(4)14-7-6-9(2)8-12(14)15/h6-8,10-11H,5H2,1-4H3. The van der Waals surface area contributed by atoms with Crippen molar-refractivity contribution in [3.05, 3.63) is 34.2 Å². The topological polar surface area (TPSA) is 48.3 Å². The van der Waals surface area contributed by atoms with Crippen molar-refractivity contribution in [3.63, 3.8) is 0 Å². The minimum Gasteiger partial charge on any atom is -0.461 e. The first-order valence-electron chi connectivity index (χ1n) is 5.85. The van der Waals surface area contributed by atoms with Gasteiger partial charge < -0.3 is 9.30 Å². The van der Waals surface area contributed by atoms with Crippen LogP contribution in [-0.2, 0) is 9.53 Å². The first-order chi connectivity index (χ1) is 7.95. The summed E-state index contributed by atoms with van der Waals surface area (Å²) in [6.45, 7) is 7.29. The van der Waals surface area contributed by atoms with E-state index >= 15 is 0 Å². The van der Waals surface area contributed by atoms with Crippen LogP contribution in [-0.4, -0.2) is 16.6 Å². The molecule has 0 radical (unpaired) electrons. The molecule has 1 aromatic rings. The summed E-state index contributed by atoms with van der Waals surface area (Å²) in [6.07, 6.45) is 2.27. The van der Waals surface area contributed by atoms with Crippen LogP contribution in [0.25, 0.3) is 0 Å². The predicted molar refractivity (Wildman–Crippen MR) is 66.0 cm³/mol. The average molecular weight is 237 g/mol. The first-order valence-corrected chi connectivity index (χ1v) is 5.85. The molecule has 0 aliphatic rings. The van der Waals surface area contributed by atoms with E-state index in [9.17, 15) is 9.59 Å². The lowest BCUT2D eigenvalue weighted by Gasteiger charge is -2.17. The number of ether oxygens (including phenoxy) is 1. The van der Waals surface area contributed by atoms with Gasteiger partial charge in [-0.1, -0.05) is 6.92 Å². The maximum absolute atomic E-state index is 11.8. The van der Waals surface area contributed by atoms with Gasteiger partial charge in [-0.25, -0.2) is 4.79 Å². The van der Waals surface area contributed by atoms with Gasteiger partial charge in [0.1, 0.15) is 6.04 Å². The molecule has 0 aliphatic carbocycles. The highest BCUT2D eigenvalue weighted by Crippen LogP contribution is 2.08.